The number of hydrogen-bond acceptors (Lipinski definition) is 4. The third kappa shape index (κ3) is 3.41. The van der Waals surface area contributed by atoms with E-state index in [9.17, 15) is 9.90 Å². The monoisotopic (exact) mass is 364 g/mol. The van der Waals surface area contributed by atoms with Crippen LogP contribution in [0.3, 0.4) is 0 Å². The van der Waals surface area contributed by atoms with Crippen molar-refractivity contribution in [1.29, 1.82) is 0 Å². The number of rotatable bonds is 3. The standard InChI is InChI=1S/C21H20N2O2S/c24-17-11-13-23(14-12-17)21(25)19-18(15-7-3-1-4-8-15)22-20(26-19)16-9-5-2-6-10-16/h1-10,17,24H,11-14H2. The quantitative estimate of drug-likeness (QED) is 0.762. The van der Waals surface area contributed by atoms with E-state index in [1.165, 1.54) is 11.3 Å². The number of likely N-dealkylation sites (tertiary alicyclic amines) is 1. The van der Waals surface area contributed by atoms with E-state index in [2.05, 4.69) is 0 Å². The van der Waals surface area contributed by atoms with Crippen molar-refractivity contribution in [2.24, 2.45) is 0 Å². The van der Waals surface area contributed by atoms with Crippen molar-refractivity contribution in [3.05, 3.63) is 65.5 Å². The molecule has 26 heavy (non-hydrogen) atoms. The molecule has 2 heterocycles. The topological polar surface area (TPSA) is 53.4 Å². The summed E-state index contributed by atoms with van der Waals surface area (Å²) in [5.74, 6) is 0.00966. The first-order valence-corrected chi connectivity index (χ1v) is 9.63. The molecule has 3 aromatic rings. The van der Waals surface area contributed by atoms with Crippen LogP contribution in [-0.2, 0) is 0 Å². The molecular weight excluding hydrogens is 344 g/mol. The predicted octanol–water partition coefficient (Wildman–Crippen LogP) is 4.07. The zero-order valence-corrected chi connectivity index (χ0v) is 15.2. The minimum absolute atomic E-state index is 0.00966. The minimum atomic E-state index is -0.297. The number of nitrogens with zero attached hydrogens (tertiary/aromatic N) is 2. The summed E-state index contributed by atoms with van der Waals surface area (Å²) in [4.78, 5) is 20.5. The average Bonchev–Trinajstić information content (AvgIpc) is 3.15. The van der Waals surface area contributed by atoms with Crippen LogP contribution in [0.15, 0.2) is 60.7 Å². The first-order valence-electron chi connectivity index (χ1n) is 8.81. The van der Waals surface area contributed by atoms with Gasteiger partial charge in [-0.15, -0.1) is 11.3 Å². The van der Waals surface area contributed by atoms with Gasteiger partial charge in [0, 0.05) is 24.2 Å². The second kappa shape index (κ2) is 7.40. The maximum atomic E-state index is 13.2. The summed E-state index contributed by atoms with van der Waals surface area (Å²) in [7, 11) is 0. The van der Waals surface area contributed by atoms with Gasteiger partial charge < -0.3 is 10.0 Å². The molecule has 1 aliphatic rings. The summed E-state index contributed by atoms with van der Waals surface area (Å²) in [5, 5.41) is 10.6. The number of hydrogen-bond donors (Lipinski definition) is 1. The fourth-order valence-corrected chi connectivity index (χ4v) is 4.23. The molecule has 0 radical (unpaired) electrons. The molecule has 1 aromatic heterocycles. The Morgan fingerprint density at radius 2 is 1.54 bits per heavy atom. The summed E-state index contributed by atoms with van der Waals surface area (Å²) < 4.78 is 0. The third-order valence-corrected chi connectivity index (χ3v) is 5.73. The van der Waals surface area contributed by atoms with Gasteiger partial charge in [-0.3, -0.25) is 4.79 Å². The molecular formula is C21H20N2O2S. The van der Waals surface area contributed by atoms with E-state index in [-0.39, 0.29) is 12.0 Å². The van der Waals surface area contributed by atoms with E-state index >= 15 is 0 Å². The minimum Gasteiger partial charge on any atom is -0.393 e. The van der Waals surface area contributed by atoms with Crippen molar-refractivity contribution in [3.63, 3.8) is 0 Å². The Kier molecular flexibility index (Phi) is 4.82. The molecule has 5 heteroatoms. The van der Waals surface area contributed by atoms with Gasteiger partial charge in [-0.2, -0.15) is 0 Å². The molecule has 0 aliphatic carbocycles. The molecule has 0 saturated carbocycles. The Morgan fingerprint density at radius 1 is 0.962 bits per heavy atom. The lowest BCUT2D eigenvalue weighted by atomic mass is 10.1. The molecule has 1 aliphatic heterocycles. The lowest BCUT2D eigenvalue weighted by Crippen LogP contribution is -2.39. The van der Waals surface area contributed by atoms with E-state index in [1.807, 2.05) is 65.6 Å². The van der Waals surface area contributed by atoms with Crippen molar-refractivity contribution in [1.82, 2.24) is 9.88 Å². The Hall–Kier alpha value is -2.50. The average molecular weight is 364 g/mol. The number of amides is 1. The molecule has 0 spiro atoms. The molecule has 2 aromatic carbocycles. The lowest BCUT2D eigenvalue weighted by Gasteiger charge is -2.29. The first-order chi connectivity index (χ1) is 12.7. The van der Waals surface area contributed by atoms with Gasteiger partial charge in [-0.25, -0.2) is 4.98 Å². The van der Waals surface area contributed by atoms with Gasteiger partial charge in [0.05, 0.1) is 11.8 Å². The third-order valence-electron chi connectivity index (χ3n) is 4.64. The number of thiazole rings is 1. The Balaban J connectivity index is 1.74. The maximum absolute atomic E-state index is 13.2. The van der Waals surface area contributed by atoms with Crippen molar-refractivity contribution >= 4 is 17.2 Å². The molecule has 0 bridgehead atoms. The molecule has 0 atom stereocenters. The number of aliphatic hydroxyl groups is 1. The van der Waals surface area contributed by atoms with E-state index in [1.54, 1.807) is 0 Å². The molecule has 1 fully saturated rings. The van der Waals surface area contributed by atoms with Crippen LogP contribution in [0.2, 0.25) is 0 Å². The molecule has 1 amide bonds. The summed E-state index contributed by atoms with van der Waals surface area (Å²) in [6, 6.07) is 19.8. The smallest absolute Gasteiger partial charge is 0.266 e. The van der Waals surface area contributed by atoms with Crippen LogP contribution in [-0.4, -0.2) is 40.1 Å². The zero-order valence-electron chi connectivity index (χ0n) is 14.3. The molecule has 0 unspecified atom stereocenters. The molecule has 1 saturated heterocycles. The van der Waals surface area contributed by atoms with E-state index in [0.717, 1.165) is 21.8 Å². The van der Waals surface area contributed by atoms with Gasteiger partial charge in [-0.1, -0.05) is 60.7 Å². The molecule has 1 N–H and O–H groups in total. The van der Waals surface area contributed by atoms with Gasteiger partial charge >= 0.3 is 0 Å². The Bertz CT molecular complexity index is 885. The Labute approximate surface area is 156 Å². The number of carbonyl (C=O) groups is 1. The summed E-state index contributed by atoms with van der Waals surface area (Å²) in [6.07, 6.45) is 0.974. The van der Waals surface area contributed by atoms with Crippen molar-refractivity contribution in [2.75, 3.05) is 13.1 Å². The summed E-state index contributed by atoms with van der Waals surface area (Å²) in [6.45, 7) is 1.18. The fourth-order valence-electron chi connectivity index (χ4n) is 3.17. The van der Waals surface area contributed by atoms with Gasteiger partial charge in [0.2, 0.25) is 0 Å². The van der Waals surface area contributed by atoms with Gasteiger partial charge in [0.15, 0.2) is 0 Å². The van der Waals surface area contributed by atoms with Crippen LogP contribution in [0.5, 0.6) is 0 Å². The van der Waals surface area contributed by atoms with Crippen LogP contribution in [0, 0.1) is 0 Å². The van der Waals surface area contributed by atoms with Crippen LogP contribution in [0.4, 0.5) is 0 Å². The number of aromatic nitrogens is 1. The van der Waals surface area contributed by atoms with Crippen LogP contribution in [0.25, 0.3) is 21.8 Å². The fraction of sp³-hybridized carbons (Fsp3) is 0.238. The number of piperidine rings is 1. The largest absolute Gasteiger partial charge is 0.393 e. The van der Waals surface area contributed by atoms with Gasteiger partial charge in [0.25, 0.3) is 5.91 Å². The van der Waals surface area contributed by atoms with Gasteiger partial charge in [-0.05, 0) is 12.8 Å². The van der Waals surface area contributed by atoms with Crippen molar-refractivity contribution < 1.29 is 9.90 Å². The maximum Gasteiger partial charge on any atom is 0.266 e. The highest BCUT2D eigenvalue weighted by molar-refractivity contribution is 7.17. The van der Waals surface area contributed by atoms with Crippen LogP contribution >= 0.6 is 11.3 Å². The van der Waals surface area contributed by atoms with E-state index < -0.39 is 0 Å². The number of carbonyl (C=O) groups excluding carboxylic acids is 1. The van der Waals surface area contributed by atoms with E-state index in [4.69, 9.17) is 4.98 Å². The lowest BCUT2D eigenvalue weighted by molar-refractivity contribution is 0.0551. The zero-order chi connectivity index (χ0) is 17.9. The highest BCUT2D eigenvalue weighted by Crippen LogP contribution is 2.35. The second-order valence-electron chi connectivity index (χ2n) is 6.45. The highest BCUT2D eigenvalue weighted by Gasteiger charge is 2.27. The second-order valence-corrected chi connectivity index (χ2v) is 7.45. The first kappa shape index (κ1) is 16.9. The van der Waals surface area contributed by atoms with E-state index in [0.29, 0.717) is 30.8 Å². The van der Waals surface area contributed by atoms with Crippen LogP contribution < -0.4 is 0 Å². The van der Waals surface area contributed by atoms with Crippen LogP contribution in [0.1, 0.15) is 22.5 Å². The molecule has 132 valence electrons. The van der Waals surface area contributed by atoms with Gasteiger partial charge in [0.1, 0.15) is 9.88 Å². The molecule has 4 nitrogen and oxygen atoms in total. The van der Waals surface area contributed by atoms with Crippen molar-refractivity contribution in [2.45, 2.75) is 18.9 Å². The predicted molar refractivity (Wildman–Crippen MR) is 104 cm³/mol. The molecule has 4 rings (SSSR count). The number of benzene rings is 2. The van der Waals surface area contributed by atoms with Crippen molar-refractivity contribution in [3.8, 4) is 21.8 Å². The summed E-state index contributed by atoms with van der Waals surface area (Å²) in [5.41, 5.74) is 2.71. The summed E-state index contributed by atoms with van der Waals surface area (Å²) >= 11 is 1.45. The SMILES string of the molecule is O=C(c1sc(-c2ccccc2)nc1-c1ccccc1)N1CCC(O)CC1. The number of aliphatic hydroxyl groups excluding tert-OH is 1. The normalized spacial score (nSPS) is 15.2. The Morgan fingerprint density at radius 3 is 2.15 bits per heavy atom. The highest BCUT2D eigenvalue weighted by atomic mass is 32.1.